The molecule has 4 rings (SSSR count). The minimum atomic E-state index is -1.08. The number of anilines is 2. The second-order valence-corrected chi connectivity index (χ2v) is 7.24. The van der Waals surface area contributed by atoms with Gasteiger partial charge in [-0.3, -0.25) is 5.10 Å². The van der Waals surface area contributed by atoms with Crippen molar-refractivity contribution in [3.8, 4) is 11.1 Å². The molecule has 0 unspecified atom stereocenters. The van der Waals surface area contributed by atoms with Gasteiger partial charge in [0.15, 0.2) is 5.69 Å². The van der Waals surface area contributed by atoms with E-state index in [4.69, 9.17) is 28.3 Å². The summed E-state index contributed by atoms with van der Waals surface area (Å²) < 4.78 is 0. The van der Waals surface area contributed by atoms with Gasteiger partial charge in [0.25, 0.3) is 0 Å². The molecule has 0 bridgehead atoms. The highest BCUT2D eigenvalue weighted by Crippen LogP contribution is 2.27. The number of fused-ring (bicyclic) bond motifs is 1. The maximum Gasteiger partial charge on any atom is 0.357 e. The Hall–Kier alpha value is -3.55. The molecule has 0 aliphatic heterocycles. The van der Waals surface area contributed by atoms with Crippen LogP contribution in [0.4, 0.5) is 16.2 Å². The first-order valence-corrected chi connectivity index (χ1v) is 9.51. The molecule has 7 nitrogen and oxygen atoms in total. The molecule has 4 aromatic rings. The predicted octanol–water partition coefficient (Wildman–Crippen LogP) is 5.88. The highest BCUT2D eigenvalue weighted by atomic mass is 35.5. The number of hydrogen-bond acceptors (Lipinski definition) is 3. The molecule has 0 saturated carbocycles. The van der Waals surface area contributed by atoms with Gasteiger partial charge in [-0.05, 0) is 53.6 Å². The van der Waals surface area contributed by atoms with Crippen molar-refractivity contribution in [3.63, 3.8) is 0 Å². The summed E-state index contributed by atoms with van der Waals surface area (Å²) >= 11 is 11.8. The molecule has 4 N–H and O–H groups in total. The van der Waals surface area contributed by atoms with Crippen molar-refractivity contribution in [2.45, 2.75) is 0 Å². The Bertz CT molecular complexity index is 1270. The highest BCUT2D eigenvalue weighted by Gasteiger charge is 2.13. The molecule has 30 heavy (non-hydrogen) atoms. The summed E-state index contributed by atoms with van der Waals surface area (Å²) in [5.41, 5.74) is 3.53. The number of benzene rings is 3. The number of aromatic amines is 1. The van der Waals surface area contributed by atoms with Gasteiger partial charge < -0.3 is 15.7 Å². The molecule has 150 valence electrons. The average molecular weight is 441 g/mol. The van der Waals surface area contributed by atoms with Crippen molar-refractivity contribution in [1.29, 1.82) is 0 Å². The number of nitrogens with zero attached hydrogens (tertiary/aromatic N) is 1. The van der Waals surface area contributed by atoms with Crippen LogP contribution in [-0.2, 0) is 0 Å². The zero-order chi connectivity index (χ0) is 21.3. The fourth-order valence-corrected chi connectivity index (χ4v) is 3.27. The lowest BCUT2D eigenvalue weighted by atomic mass is 10.0. The zero-order valence-electron chi connectivity index (χ0n) is 15.2. The summed E-state index contributed by atoms with van der Waals surface area (Å²) in [7, 11) is 0. The lowest BCUT2D eigenvalue weighted by Gasteiger charge is -2.09. The SMILES string of the molecule is O=C(Nc1ccc(-c2ccc3c(C(=O)O)n[nH]c3c2)cc1)Nc1ccc(Cl)c(Cl)c1. The zero-order valence-corrected chi connectivity index (χ0v) is 16.8. The third kappa shape index (κ3) is 4.07. The van der Waals surface area contributed by atoms with Gasteiger partial charge in [-0.1, -0.05) is 41.4 Å². The van der Waals surface area contributed by atoms with E-state index in [1.807, 2.05) is 24.3 Å². The maximum absolute atomic E-state index is 12.2. The van der Waals surface area contributed by atoms with Gasteiger partial charge >= 0.3 is 12.0 Å². The number of carboxylic acids is 1. The first-order chi connectivity index (χ1) is 14.4. The van der Waals surface area contributed by atoms with Crippen molar-refractivity contribution in [1.82, 2.24) is 10.2 Å². The number of nitrogens with one attached hydrogen (secondary N) is 3. The normalized spacial score (nSPS) is 10.7. The molecular formula is C21H14Cl2N4O3. The van der Waals surface area contributed by atoms with Crippen LogP contribution >= 0.6 is 23.2 Å². The number of halogens is 2. The lowest BCUT2D eigenvalue weighted by Crippen LogP contribution is -2.19. The Morgan fingerprint density at radius 1 is 0.833 bits per heavy atom. The van der Waals surface area contributed by atoms with Gasteiger partial charge in [-0.2, -0.15) is 5.10 Å². The third-order valence-corrected chi connectivity index (χ3v) is 5.16. The first kappa shape index (κ1) is 19.8. The second kappa shape index (κ2) is 8.06. The molecule has 0 aliphatic carbocycles. The number of carbonyl (C=O) groups excluding carboxylic acids is 1. The third-order valence-electron chi connectivity index (χ3n) is 4.42. The smallest absolute Gasteiger partial charge is 0.357 e. The number of aromatic carboxylic acids is 1. The van der Waals surface area contributed by atoms with Gasteiger partial charge in [0.2, 0.25) is 0 Å². The Balaban J connectivity index is 1.47. The monoisotopic (exact) mass is 440 g/mol. The van der Waals surface area contributed by atoms with Crippen molar-refractivity contribution < 1.29 is 14.7 Å². The van der Waals surface area contributed by atoms with E-state index in [0.29, 0.717) is 32.3 Å². The van der Waals surface area contributed by atoms with E-state index in [1.165, 1.54) is 0 Å². The Morgan fingerprint density at radius 2 is 1.50 bits per heavy atom. The van der Waals surface area contributed by atoms with Crippen molar-refractivity contribution in [2.24, 2.45) is 0 Å². The fraction of sp³-hybridized carbons (Fsp3) is 0. The molecule has 0 atom stereocenters. The Kier molecular flexibility index (Phi) is 5.31. The summed E-state index contributed by atoms with van der Waals surface area (Å²) in [4.78, 5) is 23.3. The van der Waals surface area contributed by atoms with Gasteiger partial charge in [0, 0.05) is 16.8 Å². The minimum absolute atomic E-state index is 0.0101. The maximum atomic E-state index is 12.2. The summed E-state index contributed by atoms with van der Waals surface area (Å²) in [5, 5.41) is 22.4. The van der Waals surface area contributed by atoms with Crippen LogP contribution in [0.15, 0.2) is 60.7 Å². The number of carboxylic acid groups (broad SMARTS) is 1. The number of aromatic nitrogens is 2. The molecule has 1 heterocycles. The molecular weight excluding hydrogens is 427 g/mol. The van der Waals surface area contributed by atoms with E-state index < -0.39 is 12.0 Å². The number of H-pyrrole nitrogens is 1. The number of carbonyl (C=O) groups is 2. The highest BCUT2D eigenvalue weighted by molar-refractivity contribution is 6.42. The largest absolute Gasteiger partial charge is 0.476 e. The number of rotatable bonds is 4. The van der Waals surface area contributed by atoms with E-state index in [0.717, 1.165) is 11.1 Å². The molecule has 9 heteroatoms. The van der Waals surface area contributed by atoms with Crippen molar-refractivity contribution in [2.75, 3.05) is 10.6 Å². The van der Waals surface area contributed by atoms with Crippen LogP contribution in [0.25, 0.3) is 22.0 Å². The predicted molar refractivity (Wildman–Crippen MR) is 118 cm³/mol. The van der Waals surface area contributed by atoms with Crippen LogP contribution in [0, 0.1) is 0 Å². The summed E-state index contributed by atoms with van der Waals surface area (Å²) in [5.74, 6) is -1.08. The molecule has 0 radical (unpaired) electrons. The quantitative estimate of drug-likeness (QED) is 0.317. The summed E-state index contributed by atoms with van der Waals surface area (Å²) in [6.07, 6.45) is 0. The Morgan fingerprint density at radius 3 is 2.20 bits per heavy atom. The summed E-state index contributed by atoms with van der Waals surface area (Å²) in [6.45, 7) is 0. The van der Waals surface area contributed by atoms with Crippen molar-refractivity contribution >= 4 is 57.5 Å². The van der Waals surface area contributed by atoms with Crippen molar-refractivity contribution in [3.05, 3.63) is 76.4 Å². The van der Waals surface area contributed by atoms with Crippen LogP contribution < -0.4 is 10.6 Å². The molecule has 2 amide bonds. The van der Waals surface area contributed by atoms with E-state index in [9.17, 15) is 9.59 Å². The van der Waals surface area contributed by atoms with Crippen LogP contribution in [0.1, 0.15) is 10.5 Å². The second-order valence-electron chi connectivity index (χ2n) is 6.42. The number of hydrogen-bond donors (Lipinski definition) is 4. The molecule has 0 aliphatic rings. The average Bonchev–Trinajstić information content (AvgIpc) is 3.15. The van der Waals surface area contributed by atoms with Gasteiger partial charge in [-0.25, -0.2) is 9.59 Å². The topological polar surface area (TPSA) is 107 Å². The van der Waals surface area contributed by atoms with Crippen LogP contribution in [0.2, 0.25) is 10.0 Å². The van der Waals surface area contributed by atoms with Gasteiger partial charge in [0.05, 0.1) is 15.6 Å². The lowest BCUT2D eigenvalue weighted by molar-refractivity contribution is 0.0692. The minimum Gasteiger partial charge on any atom is -0.476 e. The van der Waals surface area contributed by atoms with Crippen LogP contribution in [0.5, 0.6) is 0 Å². The van der Waals surface area contributed by atoms with Gasteiger partial charge in [-0.15, -0.1) is 0 Å². The van der Waals surface area contributed by atoms with E-state index in [1.54, 1.807) is 36.4 Å². The molecule has 3 aromatic carbocycles. The summed E-state index contributed by atoms with van der Waals surface area (Å²) in [6, 6.07) is 17.0. The van der Waals surface area contributed by atoms with E-state index in [-0.39, 0.29) is 5.69 Å². The molecule has 0 fully saturated rings. The van der Waals surface area contributed by atoms with E-state index in [2.05, 4.69) is 20.8 Å². The first-order valence-electron chi connectivity index (χ1n) is 8.75. The fourth-order valence-electron chi connectivity index (χ4n) is 2.98. The standard InChI is InChI=1S/C21H14Cl2N4O3/c22-16-8-6-14(10-17(16)23)25-21(30)24-13-4-1-11(2-5-13)12-3-7-15-18(9-12)26-27-19(15)20(28)29/h1-10H,(H,26,27)(H,28,29)(H2,24,25,30). The number of urea groups is 1. The Labute approximate surface area is 180 Å². The molecule has 0 saturated heterocycles. The molecule has 1 aromatic heterocycles. The van der Waals surface area contributed by atoms with Crippen LogP contribution in [0.3, 0.4) is 0 Å². The van der Waals surface area contributed by atoms with E-state index >= 15 is 0 Å². The molecule has 0 spiro atoms. The van der Waals surface area contributed by atoms with Gasteiger partial charge in [0.1, 0.15) is 0 Å². The van der Waals surface area contributed by atoms with Crippen LogP contribution in [-0.4, -0.2) is 27.3 Å². The number of amides is 2.